The van der Waals surface area contributed by atoms with Crippen LogP contribution < -0.4 is 4.90 Å². The molecule has 0 aliphatic heterocycles. The summed E-state index contributed by atoms with van der Waals surface area (Å²) in [7, 11) is 0. The normalized spacial score (nSPS) is 13.0. The second kappa shape index (κ2) is 15.1. The van der Waals surface area contributed by atoms with Gasteiger partial charge in [0.05, 0.1) is 32.5 Å². The van der Waals surface area contributed by atoms with Crippen molar-refractivity contribution in [2.75, 3.05) is 4.90 Å². The van der Waals surface area contributed by atoms with Gasteiger partial charge in [-0.3, -0.25) is 0 Å². The summed E-state index contributed by atoms with van der Waals surface area (Å²) in [5, 5.41) is 5.13. The van der Waals surface area contributed by atoms with Crippen molar-refractivity contribution in [2.24, 2.45) is 0 Å². The minimum absolute atomic E-state index is 0.433. The smallest absolute Gasteiger partial charge is 0.0726 e. The molecule has 11 aromatic carbocycles. The van der Waals surface area contributed by atoms with Crippen molar-refractivity contribution in [2.45, 2.75) is 5.41 Å². The van der Waals surface area contributed by atoms with E-state index in [2.05, 4.69) is 264 Å². The monoisotopic (exact) mass is 906 g/mol. The number of thiophene rings is 1. The van der Waals surface area contributed by atoms with E-state index in [1.807, 2.05) is 11.3 Å². The molecule has 2 aromatic heterocycles. The number of benzene rings is 11. The summed E-state index contributed by atoms with van der Waals surface area (Å²) in [6.07, 6.45) is 0. The lowest BCUT2D eigenvalue weighted by atomic mass is 9.70. The SMILES string of the molecule is c1ccc(N(c2ccc3c(c2)C2(c4ccccc4-c4ccccc42)c2ccccc2-3)c2ccccc2-c2ccc(-c3ccc4c(c3)c3ccccc3n4-c3cccc4c3sc3ccccc34)cc2)cc1. The van der Waals surface area contributed by atoms with Crippen LogP contribution in [0.25, 0.3) is 92.2 Å². The topological polar surface area (TPSA) is 8.17 Å². The van der Waals surface area contributed by atoms with E-state index in [4.69, 9.17) is 0 Å². The summed E-state index contributed by atoms with van der Waals surface area (Å²) < 4.78 is 5.10. The first-order valence-electron chi connectivity index (χ1n) is 24.2. The van der Waals surface area contributed by atoms with Gasteiger partial charge < -0.3 is 9.47 Å². The number of nitrogens with zero attached hydrogens (tertiary/aromatic N) is 2. The molecular formula is C67H42N2S. The average molecular weight is 907 g/mol. The summed E-state index contributed by atoms with van der Waals surface area (Å²) in [4.78, 5) is 2.45. The molecule has 13 aromatic rings. The zero-order chi connectivity index (χ0) is 45.9. The predicted octanol–water partition coefficient (Wildman–Crippen LogP) is 18.3. The number of aromatic nitrogens is 1. The summed E-state index contributed by atoms with van der Waals surface area (Å²) in [6, 6.07) is 94.6. The van der Waals surface area contributed by atoms with Crippen LogP contribution in [0.2, 0.25) is 0 Å². The van der Waals surface area contributed by atoms with Crippen molar-refractivity contribution in [3.05, 3.63) is 277 Å². The Kier molecular flexibility index (Phi) is 8.48. The minimum atomic E-state index is -0.433. The van der Waals surface area contributed by atoms with E-state index in [9.17, 15) is 0 Å². The third-order valence-corrected chi connectivity index (χ3v) is 16.4. The lowest BCUT2D eigenvalue weighted by molar-refractivity contribution is 0.793. The minimum Gasteiger partial charge on any atom is -0.310 e. The Morgan fingerprint density at radius 1 is 0.329 bits per heavy atom. The van der Waals surface area contributed by atoms with E-state index in [-0.39, 0.29) is 0 Å². The first-order chi connectivity index (χ1) is 34.7. The quantitative estimate of drug-likeness (QED) is 0.161. The van der Waals surface area contributed by atoms with Gasteiger partial charge in [0.1, 0.15) is 0 Å². The molecule has 0 unspecified atom stereocenters. The average Bonchev–Trinajstić information content (AvgIpc) is 4.15. The lowest BCUT2D eigenvalue weighted by Gasteiger charge is -2.32. The number of hydrogen-bond donors (Lipinski definition) is 0. The van der Waals surface area contributed by atoms with Gasteiger partial charge in [-0.15, -0.1) is 11.3 Å². The molecule has 0 saturated carbocycles. The number of rotatable bonds is 6. The van der Waals surface area contributed by atoms with Gasteiger partial charge in [-0.25, -0.2) is 0 Å². The fourth-order valence-electron chi connectivity index (χ4n) is 12.3. The fourth-order valence-corrected chi connectivity index (χ4v) is 13.5. The molecule has 0 saturated heterocycles. The molecule has 326 valence electrons. The highest BCUT2D eigenvalue weighted by atomic mass is 32.1. The van der Waals surface area contributed by atoms with Crippen LogP contribution in [0, 0.1) is 0 Å². The van der Waals surface area contributed by atoms with Crippen LogP contribution in [-0.4, -0.2) is 4.57 Å². The molecule has 2 aliphatic rings. The van der Waals surface area contributed by atoms with Gasteiger partial charge in [0.2, 0.25) is 0 Å². The lowest BCUT2D eigenvalue weighted by Crippen LogP contribution is -2.26. The van der Waals surface area contributed by atoms with Crippen molar-refractivity contribution in [3.8, 4) is 50.2 Å². The number of para-hydroxylation sites is 3. The van der Waals surface area contributed by atoms with Crippen LogP contribution in [0.1, 0.15) is 22.3 Å². The van der Waals surface area contributed by atoms with Crippen LogP contribution in [0.15, 0.2) is 255 Å². The molecule has 0 radical (unpaired) electrons. The van der Waals surface area contributed by atoms with Gasteiger partial charge in [-0.05, 0) is 122 Å². The molecule has 0 bridgehead atoms. The van der Waals surface area contributed by atoms with Gasteiger partial charge in [0.15, 0.2) is 0 Å². The van der Waals surface area contributed by atoms with Gasteiger partial charge in [-0.2, -0.15) is 0 Å². The molecule has 1 spiro atoms. The van der Waals surface area contributed by atoms with Crippen LogP contribution in [0.5, 0.6) is 0 Å². The van der Waals surface area contributed by atoms with Crippen molar-refractivity contribution in [3.63, 3.8) is 0 Å². The van der Waals surface area contributed by atoms with Crippen molar-refractivity contribution in [1.29, 1.82) is 0 Å². The molecule has 2 aliphatic carbocycles. The van der Waals surface area contributed by atoms with Crippen LogP contribution >= 0.6 is 11.3 Å². The molecule has 2 heterocycles. The maximum absolute atomic E-state index is 2.48. The molecule has 2 nitrogen and oxygen atoms in total. The Labute approximate surface area is 410 Å². The Hall–Kier alpha value is -8.76. The first-order valence-corrected chi connectivity index (χ1v) is 25.0. The standard InChI is InChI=1S/C67H42N2S/c1-2-17-46(18-3-1)68(47-38-39-52-51-22-6-12-28-59(51)67(60(52)42-47)57-26-10-4-20-49(57)50-21-5-11-27-58(50)67)61-29-13-7-19-48(61)44-35-33-43(34-36-44)45-37-40-63-56(41-45)53-23-8-14-30-62(53)69(63)64-31-16-25-55-54-24-9-15-32-65(54)70-66(55)64/h1-42H. The largest absolute Gasteiger partial charge is 0.310 e. The zero-order valence-corrected chi connectivity index (χ0v) is 38.9. The van der Waals surface area contributed by atoms with E-state index in [0.717, 1.165) is 22.6 Å². The summed E-state index contributed by atoms with van der Waals surface area (Å²) in [5.74, 6) is 0. The van der Waals surface area contributed by atoms with E-state index in [1.165, 1.54) is 109 Å². The number of fused-ring (bicyclic) bond motifs is 16. The molecule has 0 amide bonds. The van der Waals surface area contributed by atoms with Crippen molar-refractivity contribution < 1.29 is 0 Å². The predicted molar refractivity (Wildman–Crippen MR) is 296 cm³/mol. The van der Waals surface area contributed by atoms with Gasteiger partial charge in [0.25, 0.3) is 0 Å². The van der Waals surface area contributed by atoms with Crippen LogP contribution in [-0.2, 0) is 5.41 Å². The number of anilines is 3. The van der Waals surface area contributed by atoms with Crippen LogP contribution in [0.3, 0.4) is 0 Å². The molecule has 0 fully saturated rings. The molecule has 0 N–H and O–H groups in total. The fraction of sp³-hybridized carbons (Fsp3) is 0.0149. The summed E-state index contributed by atoms with van der Waals surface area (Å²) >= 11 is 1.88. The van der Waals surface area contributed by atoms with E-state index < -0.39 is 5.41 Å². The van der Waals surface area contributed by atoms with Gasteiger partial charge in [0, 0.05) is 43.2 Å². The second-order valence-corrected chi connectivity index (χ2v) is 19.8. The Bertz CT molecular complexity index is 4190. The van der Waals surface area contributed by atoms with Crippen molar-refractivity contribution >= 4 is 70.4 Å². The maximum atomic E-state index is 2.48. The van der Waals surface area contributed by atoms with Crippen LogP contribution in [0.4, 0.5) is 17.1 Å². The second-order valence-electron chi connectivity index (χ2n) is 18.7. The Morgan fingerprint density at radius 2 is 0.886 bits per heavy atom. The molecular weight excluding hydrogens is 865 g/mol. The van der Waals surface area contributed by atoms with Gasteiger partial charge in [-0.1, -0.05) is 194 Å². The molecule has 3 heteroatoms. The highest BCUT2D eigenvalue weighted by Crippen LogP contribution is 2.63. The van der Waals surface area contributed by atoms with E-state index >= 15 is 0 Å². The first kappa shape index (κ1) is 39.3. The highest BCUT2D eigenvalue weighted by molar-refractivity contribution is 7.26. The van der Waals surface area contributed by atoms with Crippen molar-refractivity contribution in [1.82, 2.24) is 4.57 Å². The third kappa shape index (κ3) is 5.49. The summed E-state index contributed by atoms with van der Waals surface area (Å²) in [6.45, 7) is 0. The third-order valence-electron chi connectivity index (χ3n) is 15.2. The maximum Gasteiger partial charge on any atom is 0.0726 e. The molecule has 0 atom stereocenters. The Morgan fingerprint density at radius 3 is 1.63 bits per heavy atom. The summed E-state index contributed by atoms with van der Waals surface area (Å²) in [5.41, 5.74) is 21.9. The van der Waals surface area contributed by atoms with E-state index in [0.29, 0.717) is 0 Å². The van der Waals surface area contributed by atoms with Gasteiger partial charge >= 0.3 is 0 Å². The highest BCUT2D eigenvalue weighted by Gasteiger charge is 2.51. The number of hydrogen-bond acceptors (Lipinski definition) is 2. The zero-order valence-electron chi connectivity index (χ0n) is 38.1. The molecule has 15 rings (SSSR count). The van der Waals surface area contributed by atoms with E-state index in [1.54, 1.807) is 0 Å². The molecule has 70 heavy (non-hydrogen) atoms. The Balaban J connectivity index is 0.848.